The number of halogens is 3. The molecule has 1 N–H and O–H groups in total. The summed E-state index contributed by atoms with van der Waals surface area (Å²) in [4.78, 5) is 18.9. The number of carbonyl (C=O) groups excluding carboxylic acids is 1. The van der Waals surface area contributed by atoms with Gasteiger partial charge in [-0.1, -0.05) is 0 Å². The Kier molecular flexibility index (Phi) is 4.57. The highest BCUT2D eigenvalue weighted by molar-refractivity contribution is 7.16. The number of rotatable bonds is 5. The van der Waals surface area contributed by atoms with Gasteiger partial charge in [0.05, 0.1) is 24.6 Å². The van der Waals surface area contributed by atoms with E-state index < -0.39 is 12.6 Å². The van der Waals surface area contributed by atoms with Crippen molar-refractivity contribution < 1.29 is 18.0 Å². The summed E-state index contributed by atoms with van der Waals surface area (Å²) < 4.78 is 38.5. The fraction of sp³-hybridized carbons (Fsp3) is 0.722. The fourth-order valence-electron chi connectivity index (χ4n) is 3.82. The minimum atomic E-state index is -4.16. The van der Waals surface area contributed by atoms with Gasteiger partial charge in [-0.2, -0.15) is 13.2 Å². The normalized spacial score (nSPS) is 22.2. The monoisotopic (exact) mass is 402 g/mol. The van der Waals surface area contributed by atoms with Crippen molar-refractivity contribution in [1.29, 1.82) is 0 Å². The first-order valence-electron chi connectivity index (χ1n) is 9.37. The van der Waals surface area contributed by atoms with Crippen LogP contribution in [0.5, 0.6) is 0 Å². The van der Waals surface area contributed by atoms with E-state index in [0.29, 0.717) is 26.3 Å². The first-order chi connectivity index (χ1) is 12.7. The maximum absolute atomic E-state index is 12.8. The maximum atomic E-state index is 12.8. The minimum absolute atomic E-state index is 0.0212. The Labute approximate surface area is 161 Å². The third-order valence-electron chi connectivity index (χ3n) is 6.01. The molecule has 2 fully saturated rings. The number of nitrogens with one attached hydrogen (secondary N) is 1. The molecule has 2 amide bonds. The van der Waals surface area contributed by atoms with Crippen molar-refractivity contribution in [1.82, 2.24) is 15.1 Å². The zero-order valence-electron chi connectivity index (χ0n) is 15.7. The standard InChI is InChI=1S/C18H25F3N4OS/c1-12-13-9-25(17(2)3-4-17)11-24(7-5-18(19,20)21)15(13)27-14(12)10-23-8-6-22-16(23)26/h3-11H2,1-2H3,(H,22,26). The van der Waals surface area contributed by atoms with Gasteiger partial charge in [0, 0.05) is 42.2 Å². The number of urea groups is 1. The number of fused-ring (bicyclic) bond motifs is 1. The van der Waals surface area contributed by atoms with E-state index >= 15 is 0 Å². The van der Waals surface area contributed by atoms with Gasteiger partial charge >= 0.3 is 12.2 Å². The van der Waals surface area contributed by atoms with Crippen molar-refractivity contribution >= 4 is 22.4 Å². The SMILES string of the molecule is Cc1c(CN2CCNC2=O)sc2c1CN(C1(C)CC1)CN2CCC(F)(F)F. The summed E-state index contributed by atoms with van der Waals surface area (Å²) in [5.74, 6) is 0. The Hall–Kier alpha value is -1.48. The Morgan fingerprint density at radius 1 is 1.26 bits per heavy atom. The average molecular weight is 402 g/mol. The highest BCUT2D eigenvalue weighted by Gasteiger charge is 2.46. The summed E-state index contributed by atoms with van der Waals surface area (Å²) in [7, 11) is 0. The number of hydrogen-bond acceptors (Lipinski definition) is 4. The Morgan fingerprint density at radius 3 is 2.59 bits per heavy atom. The van der Waals surface area contributed by atoms with Crippen LogP contribution in [-0.2, 0) is 13.1 Å². The van der Waals surface area contributed by atoms with E-state index in [1.807, 2.05) is 11.8 Å². The molecule has 4 rings (SSSR count). The van der Waals surface area contributed by atoms with Crippen LogP contribution in [0.25, 0.3) is 0 Å². The Bertz CT molecular complexity index is 744. The molecule has 0 unspecified atom stereocenters. The molecule has 0 atom stereocenters. The predicted molar refractivity (Wildman–Crippen MR) is 98.9 cm³/mol. The van der Waals surface area contributed by atoms with Crippen LogP contribution in [0.4, 0.5) is 23.0 Å². The van der Waals surface area contributed by atoms with Gasteiger partial charge in [-0.25, -0.2) is 4.79 Å². The third kappa shape index (κ3) is 3.76. The van der Waals surface area contributed by atoms with Crippen LogP contribution in [-0.4, -0.2) is 53.8 Å². The van der Waals surface area contributed by atoms with Gasteiger partial charge < -0.3 is 15.1 Å². The fourth-order valence-corrected chi connectivity index (χ4v) is 5.16. The molecule has 1 saturated heterocycles. The van der Waals surface area contributed by atoms with Crippen molar-refractivity contribution in [2.24, 2.45) is 0 Å². The Morgan fingerprint density at radius 2 is 2.00 bits per heavy atom. The molecule has 5 nitrogen and oxygen atoms in total. The number of thiophene rings is 1. The van der Waals surface area contributed by atoms with Gasteiger partial charge in [-0.15, -0.1) is 11.3 Å². The second-order valence-corrected chi connectivity index (χ2v) is 9.14. The highest BCUT2D eigenvalue weighted by atomic mass is 32.1. The summed E-state index contributed by atoms with van der Waals surface area (Å²) in [5.41, 5.74) is 2.37. The molecule has 9 heteroatoms. The molecule has 2 aliphatic heterocycles. The highest BCUT2D eigenvalue weighted by Crippen LogP contribution is 2.48. The van der Waals surface area contributed by atoms with Crippen LogP contribution >= 0.6 is 11.3 Å². The van der Waals surface area contributed by atoms with Gasteiger partial charge in [0.25, 0.3) is 0 Å². The molecule has 0 aromatic carbocycles. The second-order valence-electron chi connectivity index (χ2n) is 8.05. The van der Waals surface area contributed by atoms with Gasteiger partial charge in [0.1, 0.15) is 0 Å². The summed E-state index contributed by atoms with van der Waals surface area (Å²) in [5, 5.41) is 3.75. The molecule has 0 bridgehead atoms. The summed E-state index contributed by atoms with van der Waals surface area (Å²) >= 11 is 1.55. The van der Waals surface area contributed by atoms with Crippen molar-refractivity contribution in [3.8, 4) is 0 Å². The zero-order valence-corrected chi connectivity index (χ0v) is 16.5. The molecule has 27 heavy (non-hydrogen) atoms. The van der Waals surface area contributed by atoms with Crippen LogP contribution in [0.2, 0.25) is 0 Å². The van der Waals surface area contributed by atoms with E-state index in [-0.39, 0.29) is 18.1 Å². The van der Waals surface area contributed by atoms with Crippen LogP contribution in [0.3, 0.4) is 0 Å². The van der Waals surface area contributed by atoms with Crippen LogP contribution in [0, 0.1) is 6.92 Å². The summed E-state index contributed by atoms with van der Waals surface area (Å²) in [6, 6.07) is -0.0678. The largest absolute Gasteiger partial charge is 0.390 e. The molecule has 1 aromatic rings. The van der Waals surface area contributed by atoms with E-state index in [2.05, 4.69) is 17.1 Å². The molecule has 3 heterocycles. The molecule has 150 valence electrons. The lowest BCUT2D eigenvalue weighted by Crippen LogP contribution is -2.47. The molecule has 0 spiro atoms. The van der Waals surface area contributed by atoms with Gasteiger partial charge in [0.15, 0.2) is 0 Å². The van der Waals surface area contributed by atoms with Crippen LogP contribution < -0.4 is 10.2 Å². The number of carbonyl (C=O) groups is 1. The number of alkyl halides is 3. The second kappa shape index (κ2) is 6.55. The lowest BCUT2D eigenvalue weighted by Gasteiger charge is -2.40. The lowest BCUT2D eigenvalue weighted by molar-refractivity contribution is -0.132. The average Bonchev–Trinajstić information content (AvgIpc) is 3.10. The Balaban J connectivity index is 1.60. The maximum Gasteiger partial charge on any atom is 0.390 e. The number of anilines is 1. The van der Waals surface area contributed by atoms with E-state index in [0.717, 1.165) is 40.4 Å². The third-order valence-corrected chi connectivity index (χ3v) is 7.39. The van der Waals surface area contributed by atoms with Gasteiger partial charge in [-0.3, -0.25) is 4.90 Å². The summed E-state index contributed by atoms with van der Waals surface area (Å²) in [6.07, 6.45) is -2.77. The number of nitrogens with zero attached hydrogens (tertiary/aromatic N) is 3. The van der Waals surface area contributed by atoms with E-state index in [4.69, 9.17) is 0 Å². The molecule has 1 aliphatic carbocycles. The zero-order chi connectivity index (χ0) is 19.4. The van der Waals surface area contributed by atoms with Crippen molar-refractivity contribution in [2.75, 3.05) is 31.2 Å². The van der Waals surface area contributed by atoms with Crippen molar-refractivity contribution in [3.63, 3.8) is 0 Å². The molecular formula is C18H25F3N4OS. The first-order valence-corrected chi connectivity index (χ1v) is 10.2. The van der Waals surface area contributed by atoms with Gasteiger partial charge in [0.2, 0.25) is 0 Å². The minimum Gasteiger partial charge on any atom is -0.350 e. The predicted octanol–water partition coefficient (Wildman–Crippen LogP) is 3.67. The van der Waals surface area contributed by atoms with Crippen LogP contribution in [0.15, 0.2) is 0 Å². The van der Waals surface area contributed by atoms with E-state index in [1.165, 1.54) is 0 Å². The van der Waals surface area contributed by atoms with Crippen molar-refractivity contribution in [2.45, 2.75) is 57.9 Å². The summed E-state index contributed by atoms with van der Waals surface area (Å²) in [6.45, 7) is 7.38. The number of amides is 2. The van der Waals surface area contributed by atoms with E-state index in [9.17, 15) is 18.0 Å². The lowest BCUT2D eigenvalue weighted by atomic mass is 10.1. The van der Waals surface area contributed by atoms with Gasteiger partial charge in [-0.05, 0) is 32.3 Å². The molecule has 0 radical (unpaired) electrons. The first kappa shape index (κ1) is 18.9. The molecule has 1 saturated carbocycles. The number of hydrogen-bond donors (Lipinski definition) is 1. The molecule has 3 aliphatic rings. The van der Waals surface area contributed by atoms with Crippen LogP contribution in [0.1, 0.15) is 42.2 Å². The smallest absolute Gasteiger partial charge is 0.350 e. The molecule has 1 aromatic heterocycles. The molecular weight excluding hydrogens is 377 g/mol. The van der Waals surface area contributed by atoms with E-state index in [1.54, 1.807) is 16.2 Å². The topological polar surface area (TPSA) is 38.8 Å². The van der Waals surface area contributed by atoms with Crippen molar-refractivity contribution in [3.05, 3.63) is 16.0 Å². The quantitative estimate of drug-likeness (QED) is 0.817.